The molecule has 0 aliphatic rings. The number of hydrogen-bond acceptors (Lipinski definition) is 4. The van der Waals surface area contributed by atoms with E-state index in [2.05, 4.69) is 33.9 Å². The zero-order valence-electron chi connectivity index (χ0n) is 17.3. The number of ether oxygens (including phenoxy) is 2. The fraction of sp³-hybridized carbons (Fsp3) is 0.304. The third kappa shape index (κ3) is 4.84. The highest BCUT2D eigenvalue weighted by Crippen LogP contribution is 2.26. The zero-order valence-corrected chi connectivity index (χ0v) is 17.3. The lowest BCUT2D eigenvalue weighted by Crippen LogP contribution is -2.15. The molecular weight excluding hydrogens is 366 g/mol. The maximum atomic E-state index is 12.9. The number of benzene rings is 1. The van der Waals surface area contributed by atoms with Gasteiger partial charge in [-0.3, -0.25) is 4.79 Å². The van der Waals surface area contributed by atoms with Gasteiger partial charge in [0.2, 0.25) is 5.88 Å². The standard InChI is InChI=1S/C23H27N3O3/c1-16-14-21(18(3)26(16)17(2)19-8-6-5-7-9-19)23(27)25-20-10-11-22(24-15-20)29-13-12-28-4/h5-11,14-15,17H,12-13H2,1-4H3,(H,25,27)/t17-/m0/s1. The van der Waals surface area contributed by atoms with Gasteiger partial charge in [0.05, 0.1) is 30.1 Å². The number of nitrogens with one attached hydrogen (secondary N) is 1. The highest BCUT2D eigenvalue weighted by atomic mass is 16.5. The minimum absolute atomic E-state index is 0.142. The van der Waals surface area contributed by atoms with E-state index in [9.17, 15) is 4.79 Å². The molecule has 1 amide bonds. The monoisotopic (exact) mass is 393 g/mol. The molecule has 1 aromatic carbocycles. The molecule has 0 aliphatic heterocycles. The molecule has 0 fully saturated rings. The summed E-state index contributed by atoms with van der Waals surface area (Å²) >= 11 is 0. The van der Waals surface area contributed by atoms with Crippen LogP contribution in [0.4, 0.5) is 5.69 Å². The normalized spacial score (nSPS) is 11.9. The van der Waals surface area contributed by atoms with Crippen molar-refractivity contribution < 1.29 is 14.3 Å². The Kier molecular flexibility index (Phi) is 6.67. The van der Waals surface area contributed by atoms with Crippen molar-refractivity contribution in [1.82, 2.24) is 9.55 Å². The summed E-state index contributed by atoms with van der Waals surface area (Å²) in [5.74, 6) is 0.342. The second kappa shape index (κ2) is 9.39. The van der Waals surface area contributed by atoms with Crippen molar-refractivity contribution in [3.63, 3.8) is 0 Å². The Morgan fingerprint density at radius 1 is 1.14 bits per heavy atom. The van der Waals surface area contributed by atoms with Gasteiger partial charge in [0.25, 0.3) is 5.91 Å². The number of carbonyl (C=O) groups is 1. The number of carbonyl (C=O) groups excluding carboxylic acids is 1. The van der Waals surface area contributed by atoms with E-state index >= 15 is 0 Å². The Balaban J connectivity index is 1.73. The van der Waals surface area contributed by atoms with Crippen LogP contribution in [0.2, 0.25) is 0 Å². The van der Waals surface area contributed by atoms with Gasteiger partial charge in [0, 0.05) is 24.6 Å². The van der Waals surface area contributed by atoms with Crippen LogP contribution in [-0.2, 0) is 4.74 Å². The molecule has 3 aromatic rings. The van der Waals surface area contributed by atoms with E-state index in [4.69, 9.17) is 9.47 Å². The lowest BCUT2D eigenvalue weighted by atomic mass is 10.1. The highest BCUT2D eigenvalue weighted by molar-refractivity contribution is 6.05. The zero-order chi connectivity index (χ0) is 20.8. The second-order valence-electron chi connectivity index (χ2n) is 6.92. The SMILES string of the molecule is COCCOc1ccc(NC(=O)c2cc(C)n([C@@H](C)c3ccccc3)c2C)cn1. The van der Waals surface area contributed by atoms with Gasteiger partial charge in [-0.1, -0.05) is 30.3 Å². The number of anilines is 1. The summed E-state index contributed by atoms with van der Waals surface area (Å²) in [6.45, 7) is 7.07. The van der Waals surface area contributed by atoms with E-state index in [0.717, 1.165) is 11.4 Å². The van der Waals surface area contributed by atoms with Crippen LogP contribution in [0.25, 0.3) is 0 Å². The number of nitrogens with zero attached hydrogens (tertiary/aromatic N) is 2. The first-order chi connectivity index (χ1) is 14.0. The summed E-state index contributed by atoms with van der Waals surface area (Å²) in [6, 6.07) is 15.8. The maximum Gasteiger partial charge on any atom is 0.257 e. The Bertz CT molecular complexity index is 950. The van der Waals surface area contributed by atoms with Gasteiger partial charge < -0.3 is 19.4 Å². The summed E-state index contributed by atoms with van der Waals surface area (Å²) < 4.78 is 12.6. The smallest absolute Gasteiger partial charge is 0.257 e. The van der Waals surface area contributed by atoms with Crippen molar-refractivity contribution in [3.05, 3.63) is 77.2 Å². The van der Waals surface area contributed by atoms with Crippen molar-refractivity contribution >= 4 is 11.6 Å². The summed E-state index contributed by atoms with van der Waals surface area (Å²) in [4.78, 5) is 17.1. The molecule has 0 spiro atoms. The van der Waals surface area contributed by atoms with Crippen LogP contribution in [-0.4, -0.2) is 35.8 Å². The van der Waals surface area contributed by atoms with Gasteiger partial charge in [-0.25, -0.2) is 4.98 Å². The Labute approximate surface area is 171 Å². The number of aryl methyl sites for hydroxylation is 1. The van der Waals surface area contributed by atoms with Crippen LogP contribution in [0, 0.1) is 13.8 Å². The number of rotatable bonds is 8. The molecular formula is C23H27N3O3. The van der Waals surface area contributed by atoms with Crippen LogP contribution in [0.1, 0.15) is 40.3 Å². The third-order valence-electron chi connectivity index (χ3n) is 4.93. The molecule has 0 saturated carbocycles. The molecule has 6 nitrogen and oxygen atoms in total. The molecule has 0 saturated heterocycles. The van der Waals surface area contributed by atoms with Gasteiger partial charge in [0.1, 0.15) is 6.61 Å². The molecule has 0 aliphatic carbocycles. The first-order valence-electron chi connectivity index (χ1n) is 9.63. The topological polar surface area (TPSA) is 65.4 Å². The van der Waals surface area contributed by atoms with Gasteiger partial charge in [-0.15, -0.1) is 0 Å². The quantitative estimate of drug-likeness (QED) is 0.577. The lowest BCUT2D eigenvalue weighted by Gasteiger charge is -2.19. The molecule has 6 heteroatoms. The molecule has 0 bridgehead atoms. The summed E-state index contributed by atoms with van der Waals surface area (Å²) in [6.07, 6.45) is 1.59. The fourth-order valence-electron chi connectivity index (χ4n) is 3.45. The molecule has 2 heterocycles. The van der Waals surface area contributed by atoms with Crippen LogP contribution in [0.3, 0.4) is 0 Å². The Morgan fingerprint density at radius 2 is 1.90 bits per heavy atom. The summed E-state index contributed by atoms with van der Waals surface area (Å²) in [5, 5.41) is 2.92. The second-order valence-corrected chi connectivity index (χ2v) is 6.92. The molecule has 152 valence electrons. The predicted molar refractivity (Wildman–Crippen MR) is 114 cm³/mol. The van der Waals surface area contributed by atoms with Crippen LogP contribution in [0.15, 0.2) is 54.7 Å². The molecule has 1 atom stereocenters. The van der Waals surface area contributed by atoms with Crippen molar-refractivity contribution in [3.8, 4) is 5.88 Å². The maximum absolute atomic E-state index is 12.9. The van der Waals surface area contributed by atoms with Crippen molar-refractivity contribution in [2.45, 2.75) is 26.8 Å². The van der Waals surface area contributed by atoms with E-state index in [1.54, 1.807) is 25.4 Å². The lowest BCUT2D eigenvalue weighted by molar-refractivity contribution is 0.102. The summed E-state index contributed by atoms with van der Waals surface area (Å²) in [5.41, 5.74) is 4.46. The fourth-order valence-corrected chi connectivity index (χ4v) is 3.45. The van der Waals surface area contributed by atoms with Crippen molar-refractivity contribution in [2.24, 2.45) is 0 Å². The van der Waals surface area contributed by atoms with Crippen LogP contribution < -0.4 is 10.1 Å². The molecule has 2 aromatic heterocycles. The number of hydrogen-bond donors (Lipinski definition) is 1. The van der Waals surface area contributed by atoms with Gasteiger partial charge in [0.15, 0.2) is 0 Å². The Hall–Kier alpha value is -3.12. The molecule has 0 radical (unpaired) electrons. The number of methoxy groups -OCH3 is 1. The van der Waals surface area contributed by atoms with E-state index in [1.165, 1.54) is 5.56 Å². The molecule has 29 heavy (non-hydrogen) atoms. The van der Waals surface area contributed by atoms with Crippen LogP contribution in [0.5, 0.6) is 5.88 Å². The summed E-state index contributed by atoms with van der Waals surface area (Å²) in [7, 11) is 1.62. The molecule has 3 rings (SSSR count). The first kappa shape index (κ1) is 20.6. The van der Waals surface area contributed by atoms with Crippen LogP contribution >= 0.6 is 0 Å². The van der Waals surface area contributed by atoms with E-state index in [1.807, 2.05) is 38.1 Å². The largest absolute Gasteiger partial charge is 0.475 e. The van der Waals surface area contributed by atoms with Gasteiger partial charge >= 0.3 is 0 Å². The average Bonchev–Trinajstić information content (AvgIpc) is 3.04. The first-order valence-corrected chi connectivity index (χ1v) is 9.63. The molecule has 0 unspecified atom stereocenters. The predicted octanol–water partition coefficient (Wildman–Crippen LogP) is 4.39. The van der Waals surface area contributed by atoms with Crippen molar-refractivity contribution in [1.29, 1.82) is 0 Å². The van der Waals surface area contributed by atoms with Gasteiger partial charge in [-0.05, 0) is 38.5 Å². The van der Waals surface area contributed by atoms with E-state index in [0.29, 0.717) is 30.3 Å². The van der Waals surface area contributed by atoms with Crippen molar-refractivity contribution in [2.75, 3.05) is 25.6 Å². The van der Waals surface area contributed by atoms with Gasteiger partial charge in [-0.2, -0.15) is 0 Å². The number of aromatic nitrogens is 2. The highest BCUT2D eigenvalue weighted by Gasteiger charge is 2.19. The van der Waals surface area contributed by atoms with E-state index in [-0.39, 0.29) is 11.9 Å². The molecule has 1 N–H and O–H groups in total. The number of amides is 1. The Morgan fingerprint density at radius 3 is 2.55 bits per heavy atom. The third-order valence-corrected chi connectivity index (χ3v) is 4.93. The average molecular weight is 393 g/mol. The minimum Gasteiger partial charge on any atom is -0.475 e. The number of pyridine rings is 1. The minimum atomic E-state index is -0.153. The van der Waals surface area contributed by atoms with E-state index < -0.39 is 0 Å².